The van der Waals surface area contributed by atoms with Crippen molar-refractivity contribution in [1.29, 1.82) is 0 Å². The Hall–Kier alpha value is -4.37. The van der Waals surface area contributed by atoms with Gasteiger partial charge in [0, 0.05) is 36.6 Å². The highest BCUT2D eigenvalue weighted by Gasteiger charge is 2.26. The number of rotatable bonds is 10. The van der Waals surface area contributed by atoms with Crippen molar-refractivity contribution in [3.05, 3.63) is 111 Å². The van der Waals surface area contributed by atoms with Gasteiger partial charge >= 0.3 is 0 Å². The Labute approximate surface area is 227 Å². The van der Waals surface area contributed by atoms with Crippen molar-refractivity contribution in [2.45, 2.75) is 52.9 Å². The van der Waals surface area contributed by atoms with Crippen molar-refractivity contribution in [3.8, 4) is 5.75 Å². The summed E-state index contributed by atoms with van der Waals surface area (Å²) in [5, 5.41) is 13.8. The third-order valence-corrected chi connectivity index (χ3v) is 7.19. The van der Waals surface area contributed by atoms with Gasteiger partial charge in [0.15, 0.2) is 5.82 Å². The fraction of sp³-hybridized carbons (Fsp3) is 0.300. The van der Waals surface area contributed by atoms with Crippen molar-refractivity contribution >= 4 is 10.9 Å². The van der Waals surface area contributed by atoms with Gasteiger partial charge in [-0.05, 0) is 94.7 Å². The predicted octanol–water partition coefficient (Wildman–Crippen LogP) is 4.74. The van der Waals surface area contributed by atoms with Crippen LogP contribution in [0.1, 0.15) is 53.0 Å². The molecule has 3 aromatic heterocycles. The van der Waals surface area contributed by atoms with Gasteiger partial charge in [0.25, 0.3) is 5.56 Å². The summed E-state index contributed by atoms with van der Waals surface area (Å²) in [5.74, 6) is 1.55. The molecule has 200 valence electrons. The molecule has 39 heavy (non-hydrogen) atoms. The van der Waals surface area contributed by atoms with Crippen LogP contribution in [-0.2, 0) is 19.6 Å². The predicted molar refractivity (Wildman–Crippen MR) is 150 cm³/mol. The van der Waals surface area contributed by atoms with Crippen LogP contribution in [-0.4, -0.2) is 42.2 Å². The maximum Gasteiger partial charge on any atom is 0.252 e. The van der Waals surface area contributed by atoms with Crippen LogP contribution in [0, 0.1) is 13.8 Å². The first kappa shape index (κ1) is 26.2. The maximum absolute atomic E-state index is 13.2. The van der Waals surface area contributed by atoms with Crippen LogP contribution in [0.15, 0.2) is 71.8 Å². The standard InChI is InChI=1S/C30H33N7O2/c1-5-28(29-33-34-35-37(29)18-22-8-10-26(39-4)11-9-22)36(17-23-7-6-12-31-16-23)19-25-15-24-13-20(2)21(3)14-27(24)32-30(25)38/h6-16,28H,5,17-19H2,1-4H3,(H,32,38). The summed E-state index contributed by atoms with van der Waals surface area (Å²) < 4.78 is 7.13. The number of pyridine rings is 2. The minimum atomic E-state index is -0.131. The van der Waals surface area contributed by atoms with E-state index in [9.17, 15) is 4.79 Å². The number of hydrogen-bond acceptors (Lipinski definition) is 7. The molecule has 1 unspecified atom stereocenters. The lowest BCUT2D eigenvalue weighted by Gasteiger charge is -2.30. The molecule has 9 nitrogen and oxygen atoms in total. The first-order chi connectivity index (χ1) is 18.9. The minimum Gasteiger partial charge on any atom is -0.497 e. The summed E-state index contributed by atoms with van der Waals surface area (Å²) in [7, 11) is 1.65. The van der Waals surface area contributed by atoms with Gasteiger partial charge in [-0.1, -0.05) is 25.1 Å². The molecule has 5 aromatic rings. The SMILES string of the molecule is CCC(c1nnnn1Cc1ccc(OC)cc1)N(Cc1cccnc1)Cc1cc2cc(C)c(C)cc2[nH]c1=O. The van der Waals surface area contributed by atoms with Crippen molar-refractivity contribution in [2.24, 2.45) is 0 Å². The average molecular weight is 524 g/mol. The summed E-state index contributed by atoms with van der Waals surface area (Å²) >= 11 is 0. The van der Waals surface area contributed by atoms with Crippen LogP contribution in [0.5, 0.6) is 5.75 Å². The number of fused-ring (bicyclic) bond motifs is 1. The van der Waals surface area contributed by atoms with Gasteiger partial charge in [0.2, 0.25) is 0 Å². The lowest BCUT2D eigenvalue weighted by molar-refractivity contribution is 0.161. The van der Waals surface area contributed by atoms with Gasteiger partial charge in [-0.3, -0.25) is 14.7 Å². The Morgan fingerprint density at radius 2 is 1.82 bits per heavy atom. The van der Waals surface area contributed by atoms with Crippen LogP contribution < -0.4 is 10.3 Å². The molecule has 0 fully saturated rings. The molecule has 1 N–H and O–H groups in total. The van der Waals surface area contributed by atoms with Crippen LogP contribution in [0.2, 0.25) is 0 Å². The lowest BCUT2D eigenvalue weighted by atomic mass is 10.0. The quantitative estimate of drug-likeness (QED) is 0.282. The zero-order valence-corrected chi connectivity index (χ0v) is 22.8. The molecule has 0 spiro atoms. The second kappa shape index (κ2) is 11.6. The number of nitrogens with zero attached hydrogens (tertiary/aromatic N) is 6. The van der Waals surface area contributed by atoms with Gasteiger partial charge in [0.1, 0.15) is 5.75 Å². The Bertz CT molecular complexity index is 1610. The molecule has 9 heteroatoms. The number of tetrazole rings is 1. The fourth-order valence-electron chi connectivity index (χ4n) is 4.93. The minimum absolute atomic E-state index is 0.0883. The van der Waals surface area contributed by atoms with Crippen LogP contribution in [0.3, 0.4) is 0 Å². The fourth-order valence-corrected chi connectivity index (χ4v) is 4.93. The van der Waals surface area contributed by atoms with Crippen molar-refractivity contribution < 1.29 is 4.74 Å². The number of benzene rings is 2. The van der Waals surface area contributed by atoms with Gasteiger partial charge in [-0.25, -0.2) is 4.68 Å². The molecule has 0 radical (unpaired) electrons. The topological polar surface area (TPSA) is 102 Å². The average Bonchev–Trinajstić information content (AvgIpc) is 3.39. The van der Waals surface area contributed by atoms with E-state index in [-0.39, 0.29) is 11.6 Å². The first-order valence-corrected chi connectivity index (χ1v) is 13.1. The van der Waals surface area contributed by atoms with Gasteiger partial charge in [0.05, 0.1) is 19.7 Å². The summed E-state index contributed by atoms with van der Waals surface area (Å²) in [5.41, 5.74) is 5.91. The molecule has 2 aromatic carbocycles. The molecule has 0 aliphatic heterocycles. The monoisotopic (exact) mass is 523 g/mol. The molecule has 0 saturated carbocycles. The van der Waals surface area contributed by atoms with Crippen molar-refractivity contribution in [3.63, 3.8) is 0 Å². The van der Waals surface area contributed by atoms with Crippen LogP contribution >= 0.6 is 0 Å². The highest BCUT2D eigenvalue weighted by molar-refractivity contribution is 5.80. The molecule has 0 aliphatic carbocycles. The first-order valence-electron chi connectivity index (χ1n) is 13.1. The summed E-state index contributed by atoms with van der Waals surface area (Å²) in [4.78, 5) is 22.9. The normalized spacial score (nSPS) is 12.2. The number of aromatic amines is 1. The zero-order chi connectivity index (χ0) is 27.4. The van der Waals surface area contributed by atoms with Crippen LogP contribution in [0.4, 0.5) is 0 Å². The van der Waals surface area contributed by atoms with Crippen molar-refractivity contribution in [1.82, 2.24) is 35.1 Å². The van der Waals surface area contributed by atoms with E-state index in [0.29, 0.717) is 25.2 Å². The largest absolute Gasteiger partial charge is 0.497 e. The maximum atomic E-state index is 13.2. The molecule has 1 atom stereocenters. The van der Waals surface area contributed by atoms with Crippen LogP contribution in [0.25, 0.3) is 10.9 Å². The van der Waals surface area contributed by atoms with Gasteiger partial charge in [-0.2, -0.15) is 0 Å². The molecule has 3 heterocycles. The lowest BCUT2D eigenvalue weighted by Crippen LogP contribution is -2.32. The third kappa shape index (κ3) is 5.88. The molecule has 0 aliphatic rings. The Kier molecular flexibility index (Phi) is 7.79. The molecule has 0 bridgehead atoms. The number of ether oxygens (including phenoxy) is 1. The van der Waals surface area contributed by atoms with E-state index in [2.05, 4.69) is 57.2 Å². The van der Waals surface area contributed by atoms with E-state index in [4.69, 9.17) is 4.74 Å². The molecule has 0 saturated heterocycles. The Morgan fingerprint density at radius 3 is 2.54 bits per heavy atom. The summed E-state index contributed by atoms with van der Waals surface area (Å²) in [6, 6.07) is 17.9. The van der Waals surface area contributed by atoms with Gasteiger partial charge < -0.3 is 9.72 Å². The number of methoxy groups -OCH3 is 1. The number of nitrogens with one attached hydrogen (secondary N) is 1. The second-order valence-electron chi connectivity index (χ2n) is 9.88. The third-order valence-electron chi connectivity index (χ3n) is 7.19. The summed E-state index contributed by atoms with van der Waals surface area (Å²) in [6.07, 6.45) is 4.38. The Balaban J connectivity index is 1.50. The molecule has 5 rings (SSSR count). The molecule has 0 amide bonds. The van der Waals surface area contributed by atoms with E-state index in [1.807, 2.05) is 59.4 Å². The highest BCUT2D eigenvalue weighted by atomic mass is 16.5. The summed E-state index contributed by atoms with van der Waals surface area (Å²) in [6.45, 7) is 7.80. The number of H-pyrrole nitrogens is 1. The van der Waals surface area contributed by atoms with Gasteiger partial charge in [-0.15, -0.1) is 5.10 Å². The van der Waals surface area contributed by atoms with E-state index < -0.39 is 0 Å². The van der Waals surface area contributed by atoms with E-state index in [1.165, 1.54) is 5.56 Å². The Morgan fingerprint density at radius 1 is 1.03 bits per heavy atom. The zero-order valence-electron chi connectivity index (χ0n) is 22.8. The molecular formula is C30H33N7O2. The number of hydrogen-bond donors (Lipinski definition) is 1. The van der Waals surface area contributed by atoms with Crippen molar-refractivity contribution in [2.75, 3.05) is 7.11 Å². The van der Waals surface area contributed by atoms with E-state index in [0.717, 1.165) is 45.6 Å². The highest BCUT2D eigenvalue weighted by Crippen LogP contribution is 2.27. The second-order valence-corrected chi connectivity index (χ2v) is 9.88. The smallest absolute Gasteiger partial charge is 0.252 e. The number of aromatic nitrogens is 6. The number of aryl methyl sites for hydroxylation is 2. The van der Waals surface area contributed by atoms with E-state index in [1.54, 1.807) is 13.3 Å². The van der Waals surface area contributed by atoms with E-state index >= 15 is 0 Å². The molecular weight excluding hydrogens is 490 g/mol.